The maximum absolute atomic E-state index is 11.4. The van der Waals surface area contributed by atoms with Crippen molar-refractivity contribution in [2.75, 3.05) is 26.2 Å². The van der Waals surface area contributed by atoms with E-state index in [1.165, 1.54) is 5.69 Å². The van der Waals surface area contributed by atoms with Crippen molar-refractivity contribution in [3.63, 3.8) is 0 Å². The Balaban J connectivity index is -0.000000361. The SMILES string of the molecule is [CH2-]Cn1cncc1CN1CCCN(C(C)=O)CC1.[CH3-].[CH3-].[CH3-].[V+2].[Y]. The zero-order chi connectivity index (χ0) is 13.0. The first kappa shape index (κ1) is 31.1. The van der Waals surface area contributed by atoms with E-state index < -0.39 is 0 Å². The average Bonchev–Trinajstić information content (AvgIpc) is 2.65. The summed E-state index contributed by atoms with van der Waals surface area (Å²) >= 11 is 0. The summed E-state index contributed by atoms with van der Waals surface area (Å²) < 4.78 is 2.06. The topological polar surface area (TPSA) is 41.4 Å². The van der Waals surface area contributed by atoms with Crippen molar-refractivity contribution >= 4 is 5.91 Å². The van der Waals surface area contributed by atoms with Gasteiger partial charge in [0.25, 0.3) is 0 Å². The molecule has 1 aromatic rings. The molecular weight excluding hydrogens is 404 g/mol. The molecule has 1 fully saturated rings. The monoisotopic (exact) mass is 434 g/mol. The quantitative estimate of drug-likeness (QED) is 0.685. The van der Waals surface area contributed by atoms with Gasteiger partial charge in [-0.3, -0.25) is 9.69 Å². The normalized spacial score (nSPS) is 13.9. The van der Waals surface area contributed by atoms with Gasteiger partial charge < -0.3 is 38.7 Å². The number of hydrogen-bond donors (Lipinski definition) is 0. The predicted octanol–water partition coefficient (Wildman–Crippen LogP) is 2.12. The van der Waals surface area contributed by atoms with Crippen molar-refractivity contribution in [2.24, 2.45) is 0 Å². The summed E-state index contributed by atoms with van der Waals surface area (Å²) in [6.07, 6.45) is 4.76. The van der Waals surface area contributed by atoms with Crippen LogP contribution in [0.1, 0.15) is 19.0 Å². The molecule has 23 heavy (non-hydrogen) atoms. The Kier molecular flexibility index (Phi) is 21.4. The Hall–Kier alpha value is 0.328. The summed E-state index contributed by atoms with van der Waals surface area (Å²) in [4.78, 5) is 19.8. The molecule has 0 atom stereocenters. The van der Waals surface area contributed by atoms with Crippen LogP contribution in [-0.4, -0.2) is 51.4 Å². The van der Waals surface area contributed by atoms with Crippen molar-refractivity contribution in [1.29, 1.82) is 0 Å². The molecule has 2 radical (unpaired) electrons. The fourth-order valence-corrected chi connectivity index (χ4v) is 2.35. The van der Waals surface area contributed by atoms with Crippen LogP contribution in [0.25, 0.3) is 0 Å². The first-order valence-corrected chi connectivity index (χ1v) is 6.47. The molecule has 2 rings (SSSR count). The van der Waals surface area contributed by atoms with Crippen LogP contribution >= 0.6 is 0 Å². The standard InChI is InChI=1S/C13H21N4O.3CH3.V.Y/c1-3-16-11-14-9-13(16)10-15-5-4-6-17(8-7-15)12(2)18;;;;;/h9,11H,1,3-8,10H2,2H3;3*1H3;;/q4*-1;+2;. The van der Waals surface area contributed by atoms with Crippen LogP contribution in [0.15, 0.2) is 12.5 Å². The molecule has 0 bridgehead atoms. The number of aromatic nitrogens is 2. The molecular formula is C16H30N4OVY-2. The van der Waals surface area contributed by atoms with Gasteiger partial charge in [-0.15, -0.1) is 6.54 Å². The van der Waals surface area contributed by atoms with Crippen molar-refractivity contribution in [2.45, 2.75) is 26.4 Å². The molecule has 2 heterocycles. The Morgan fingerprint density at radius 1 is 1.22 bits per heavy atom. The Morgan fingerprint density at radius 3 is 2.43 bits per heavy atom. The molecule has 1 aliphatic heterocycles. The van der Waals surface area contributed by atoms with E-state index in [-0.39, 0.29) is 79.5 Å². The largest absolute Gasteiger partial charge is 2.00 e. The summed E-state index contributed by atoms with van der Waals surface area (Å²) in [6.45, 7) is 10.8. The molecule has 7 heteroatoms. The summed E-state index contributed by atoms with van der Waals surface area (Å²) in [7, 11) is 0. The number of carbonyl (C=O) groups is 1. The van der Waals surface area contributed by atoms with Gasteiger partial charge in [-0.1, -0.05) is 0 Å². The van der Waals surface area contributed by atoms with E-state index in [1.54, 1.807) is 6.92 Å². The average molecular weight is 434 g/mol. The Bertz CT molecular complexity index is 415. The van der Waals surface area contributed by atoms with E-state index in [2.05, 4.69) is 21.4 Å². The van der Waals surface area contributed by atoms with Crippen molar-refractivity contribution in [3.05, 3.63) is 47.4 Å². The van der Waals surface area contributed by atoms with Crippen LogP contribution in [0, 0.1) is 29.2 Å². The number of amides is 1. The second-order valence-electron chi connectivity index (χ2n) is 4.71. The number of rotatable bonds is 3. The molecule has 5 nitrogen and oxygen atoms in total. The van der Waals surface area contributed by atoms with Crippen LogP contribution in [-0.2, 0) is 69.1 Å². The molecule has 0 unspecified atom stereocenters. The first-order chi connectivity index (χ1) is 8.70. The van der Waals surface area contributed by atoms with Crippen molar-refractivity contribution in [3.8, 4) is 0 Å². The van der Waals surface area contributed by atoms with E-state index in [0.29, 0.717) is 6.54 Å². The van der Waals surface area contributed by atoms with Crippen molar-refractivity contribution < 1.29 is 56.1 Å². The zero-order valence-corrected chi connectivity index (χ0v) is 19.3. The molecule has 130 valence electrons. The van der Waals surface area contributed by atoms with Gasteiger partial charge >= 0.3 is 18.6 Å². The minimum Gasteiger partial charge on any atom is -0.364 e. The number of carbonyl (C=O) groups excluding carboxylic acids is 1. The van der Waals surface area contributed by atoms with Crippen LogP contribution in [0.4, 0.5) is 0 Å². The molecule has 0 N–H and O–H groups in total. The van der Waals surface area contributed by atoms with E-state index in [4.69, 9.17) is 0 Å². The third-order valence-electron chi connectivity index (χ3n) is 3.46. The second-order valence-corrected chi connectivity index (χ2v) is 4.71. The van der Waals surface area contributed by atoms with E-state index in [1.807, 2.05) is 17.4 Å². The van der Waals surface area contributed by atoms with Gasteiger partial charge in [0.15, 0.2) is 0 Å². The van der Waals surface area contributed by atoms with E-state index in [0.717, 1.165) is 39.1 Å². The molecule has 0 spiro atoms. The van der Waals surface area contributed by atoms with Crippen LogP contribution in [0.5, 0.6) is 0 Å². The molecule has 1 aliphatic rings. The third-order valence-corrected chi connectivity index (χ3v) is 3.46. The van der Waals surface area contributed by atoms with Crippen LogP contribution in [0.3, 0.4) is 0 Å². The summed E-state index contributed by atoms with van der Waals surface area (Å²) in [6, 6.07) is 0. The number of imidazole rings is 1. The zero-order valence-electron chi connectivity index (χ0n) is 15.0. The molecule has 0 aromatic carbocycles. The van der Waals surface area contributed by atoms with Gasteiger partial charge in [0.05, 0.1) is 6.33 Å². The predicted molar refractivity (Wildman–Crippen MR) is 89.0 cm³/mol. The Labute approximate surface area is 180 Å². The molecule has 0 aliphatic carbocycles. The maximum atomic E-state index is 11.4. The van der Waals surface area contributed by atoms with Gasteiger partial charge in [0.2, 0.25) is 5.91 Å². The molecule has 0 saturated carbocycles. The first-order valence-electron chi connectivity index (χ1n) is 6.47. The fraction of sp³-hybridized carbons (Fsp3) is 0.500. The number of hydrogen-bond acceptors (Lipinski definition) is 3. The van der Waals surface area contributed by atoms with Gasteiger partial charge in [0, 0.05) is 84.2 Å². The second kappa shape index (κ2) is 15.8. The fourth-order valence-electron chi connectivity index (χ4n) is 2.35. The van der Waals surface area contributed by atoms with E-state index >= 15 is 0 Å². The molecule has 1 saturated heterocycles. The summed E-state index contributed by atoms with van der Waals surface area (Å²) in [5, 5.41) is 0. The minimum atomic E-state index is 0. The van der Waals surface area contributed by atoms with Gasteiger partial charge in [-0.05, 0) is 6.42 Å². The van der Waals surface area contributed by atoms with Gasteiger partial charge in [-0.25, -0.2) is 4.98 Å². The van der Waals surface area contributed by atoms with Crippen LogP contribution < -0.4 is 0 Å². The summed E-state index contributed by atoms with van der Waals surface area (Å²) in [5.74, 6) is 0.180. The molecule has 1 amide bonds. The minimum absolute atomic E-state index is 0. The summed E-state index contributed by atoms with van der Waals surface area (Å²) in [5.41, 5.74) is 1.20. The Morgan fingerprint density at radius 2 is 1.87 bits per heavy atom. The smallest absolute Gasteiger partial charge is 0.364 e. The van der Waals surface area contributed by atoms with Gasteiger partial charge in [-0.2, -0.15) is 0 Å². The van der Waals surface area contributed by atoms with E-state index in [9.17, 15) is 4.79 Å². The van der Waals surface area contributed by atoms with Crippen LogP contribution in [0.2, 0.25) is 0 Å². The van der Waals surface area contributed by atoms with Gasteiger partial charge in [0.1, 0.15) is 0 Å². The maximum Gasteiger partial charge on any atom is 2.00 e. The van der Waals surface area contributed by atoms with Crippen molar-refractivity contribution in [1.82, 2.24) is 19.4 Å². The number of nitrogens with zero attached hydrogens (tertiary/aromatic N) is 4. The third kappa shape index (κ3) is 9.40. The molecule has 1 aromatic heterocycles.